The van der Waals surface area contributed by atoms with Gasteiger partial charge >= 0.3 is 6.36 Å². The highest BCUT2D eigenvalue weighted by molar-refractivity contribution is 5.98. The van der Waals surface area contributed by atoms with Crippen LogP contribution in [0.15, 0.2) is 54.6 Å². The average molecular weight is 508 g/mol. The summed E-state index contributed by atoms with van der Waals surface area (Å²) in [4.78, 5) is 12.8. The number of carbonyl (C=O) groups is 1. The van der Waals surface area contributed by atoms with E-state index in [-0.39, 0.29) is 35.5 Å². The highest BCUT2D eigenvalue weighted by Crippen LogP contribution is 2.41. The molecule has 2 heterocycles. The van der Waals surface area contributed by atoms with Gasteiger partial charge in [-0.05, 0) is 53.3 Å². The van der Waals surface area contributed by atoms with Gasteiger partial charge in [-0.15, -0.1) is 25.6 Å². The summed E-state index contributed by atoms with van der Waals surface area (Å²) < 4.78 is 44.6. The Morgan fingerprint density at radius 3 is 2.34 bits per heavy atom. The molecular weight excluding hydrogens is 479 g/mol. The molecule has 0 spiro atoms. The molecule has 1 amide bonds. The van der Waals surface area contributed by atoms with Crippen molar-refractivity contribution in [2.24, 2.45) is 5.73 Å². The molecule has 35 heavy (non-hydrogen) atoms. The number of nitrogens with two attached hydrogens (primary N) is 1. The molecule has 0 saturated carbocycles. The molecule has 0 bridgehead atoms. The van der Waals surface area contributed by atoms with Crippen molar-refractivity contribution in [1.82, 2.24) is 9.88 Å². The fraction of sp³-hybridized carbons (Fsp3) is 0.346. The zero-order chi connectivity index (χ0) is 24.7. The first-order valence-electron chi connectivity index (χ1n) is 11.2. The van der Waals surface area contributed by atoms with Crippen LogP contribution >= 0.6 is 12.4 Å². The molecule has 1 aromatic heterocycles. The van der Waals surface area contributed by atoms with E-state index in [4.69, 9.17) is 5.73 Å². The van der Waals surface area contributed by atoms with Gasteiger partial charge in [-0.2, -0.15) is 0 Å². The van der Waals surface area contributed by atoms with Gasteiger partial charge in [-0.3, -0.25) is 4.79 Å². The van der Waals surface area contributed by atoms with Gasteiger partial charge in [0, 0.05) is 12.1 Å². The number of amides is 1. The molecular formula is C26H29ClF3N3O2. The summed E-state index contributed by atoms with van der Waals surface area (Å²) in [7, 11) is 0. The van der Waals surface area contributed by atoms with Gasteiger partial charge < -0.3 is 20.4 Å². The summed E-state index contributed by atoms with van der Waals surface area (Å²) in [6.07, 6.45) is -4.15. The standard InChI is InChI=1S/C26H28F3N3O2.ClH/c1-25(2,3)18-9-7-16(8-10-18)23-21(17-5-4-6-20(13-17)34-26(27,28)29)14-22-24(33)31-15-19(11-12-30)32(22)23;/h4-10,13-14,19H,11-12,15,30H2,1-3H3,(H,31,33);1H/t19-;/m0./s1. The van der Waals surface area contributed by atoms with Crippen molar-refractivity contribution in [3.63, 3.8) is 0 Å². The van der Waals surface area contributed by atoms with Crippen molar-refractivity contribution in [2.75, 3.05) is 13.1 Å². The Labute approximate surface area is 208 Å². The lowest BCUT2D eigenvalue weighted by molar-refractivity contribution is -0.274. The lowest BCUT2D eigenvalue weighted by atomic mass is 9.86. The van der Waals surface area contributed by atoms with Crippen LogP contribution in [0.2, 0.25) is 0 Å². The van der Waals surface area contributed by atoms with E-state index in [0.717, 1.165) is 16.8 Å². The van der Waals surface area contributed by atoms with E-state index < -0.39 is 6.36 Å². The molecule has 0 aliphatic carbocycles. The molecule has 4 rings (SSSR count). The summed E-state index contributed by atoms with van der Waals surface area (Å²) in [5, 5.41) is 2.90. The fourth-order valence-corrected chi connectivity index (χ4v) is 4.40. The lowest BCUT2D eigenvalue weighted by Crippen LogP contribution is -2.39. The van der Waals surface area contributed by atoms with Crippen molar-refractivity contribution in [3.8, 4) is 28.1 Å². The number of hydrogen-bond acceptors (Lipinski definition) is 3. The highest BCUT2D eigenvalue weighted by atomic mass is 35.5. The third-order valence-electron chi connectivity index (χ3n) is 6.04. The van der Waals surface area contributed by atoms with Crippen LogP contribution in [-0.2, 0) is 5.41 Å². The molecule has 188 valence electrons. The second kappa shape index (κ2) is 9.95. The van der Waals surface area contributed by atoms with Gasteiger partial charge in [0.1, 0.15) is 11.4 Å². The van der Waals surface area contributed by atoms with Gasteiger partial charge in [0.2, 0.25) is 0 Å². The third-order valence-corrected chi connectivity index (χ3v) is 6.04. The molecule has 3 aromatic rings. The minimum atomic E-state index is -4.80. The second-order valence-corrected chi connectivity index (χ2v) is 9.51. The monoisotopic (exact) mass is 507 g/mol. The number of hydrogen-bond donors (Lipinski definition) is 2. The number of aromatic nitrogens is 1. The van der Waals surface area contributed by atoms with Crippen molar-refractivity contribution in [1.29, 1.82) is 0 Å². The van der Waals surface area contributed by atoms with Crippen LogP contribution in [0.25, 0.3) is 22.4 Å². The molecule has 1 atom stereocenters. The molecule has 9 heteroatoms. The molecule has 2 aromatic carbocycles. The quantitative estimate of drug-likeness (QED) is 0.440. The number of ether oxygens (including phenoxy) is 1. The highest BCUT2D eigenvalue weighted by Gasteiger charge is 2.33. The summed E-state index contributed by atoms with van der Waals surface area (Å²) in [6, 6.07) is 15.6. The van der Waals surface area contributed by atoms with E-state index in [1.807, 2.05) is 28.8 Å². The lowest BCUT2D eigenvalue weighted by Gasteiger charge is -2.29. The van der Waals surface area contributed by atoms with Crippen LogP contribution in [0.4, 0.5) is 13.2 Å². The van der Waals surface area contributed by atoms with Crippen molar-refractivity contribution >= 4 is 18.3 Å². The molecule has 0 fully saturated rings. The molecule has 0 saturated heterocycles. The Morgan fingerprint density at radius 2 is 1.74 bits per heavy atom. The molecule has 1 aliphatic heterocycles. The zero-order valence-corrected chi connectivity index (χ0v) is 20.6. The van der Waals surface area contributed by atoms with E-state index in [0.29, 0.717) is 36.3 Å². The Bertz CT molecular complexity index is 1200. The molecule has 5 nitrogen and oxygen atoms in total. The maximum absolute atomic E-state index is 12.8. The number of benzene rings is 2. The maximum Gasteiger partial charge on any atom is 0.573 e. The Hall–Kier alpha value is -2.97. The van der Waals surface area contributed by atoms with E-state index in [2.05, 4.69) is 30.8 Å². The van der Waals surface area contributed by atoms with Crippen LogP contribution in [0.3, 0.4) is 0 Å². The van der Waals surface area contributed by atoms with Crippen LogP contribution in [0, 0.1) is 0 Å². The number of nitrogens with zero attached hydrogens (tertiary/aromatic N) is 1. The Kier molecular flexibility index (Phi) is 7.57. The largest absolute Gasteiger partial charge is 0.573 e. The first kappa shape index (κ1) is 26.6. The smallest absolute Gasteiger partial charge is 0.406 e. The predicted octanol–water partition coefficient (Wildman–Crippen LogP) is 6.07. The van der Waals surface area contributed by atoms with E-state index in [1.54, 1.807) is 12.1 Å². The summed E-state index contributed by atoms with van der Waals surface area (Å²) >= 11 is 0. The van der Waals surface area contributed by atoms with Crippen LogP contribution in [0.1, 0.15) is 49.3 Å². The first-order chi connectivity index (χ1) is 16.0. The number of rotatable bonds is 5. The van der Waals surface area contributed by atoms with Gasteiger partial charge in [0.25, 0.3) is 5.91 Å². The number of fused-ring (bicyclic) bond motifs is 1. The van der Waals surface area contributed by atoms with Crippen LogP contribution in [0.5, 0.6) is 5.75 Å². The van der Waals surface area contributed by atoms with Gasteiger partial charge in [-0.25, -0.2) is 0 Å². The minimum Gasteiger partial charge on any atom is -0.406 e. The van der Waals surface area contributed by atoms with Crippen molar-refractivity contribution in [2.45, 2.75) is 45.0 Å². The minimum absolute atomic E-state index is 0. The van der Waals surface area contributed by atoms with Gasteiger partial charge in [0.15, 0.2) is 0 Å². The molecule has 0 unspecified atom stereocenters. The summed E-state index contributed by atoms with van der Waals surface area (Å²) in [5.41, 5.74) is 10.2. The summed E-state index contributed by atoms with van der Waals surface area (Å²) in [5.74, 6) is -0.541. The number of carbonyl (C=O) groups excluding carboxylic acids is 1. The molecule has 1 aliphatic rings. The van der Waals surface area contributed by atoms with E-state index >= 15 is 0 Å². The van der Waals surface area contributed by atoms with E-state index in [9.17, 15) is 18.0 Å². The second-order valence-electron chi connectivity index (χ2n) is 9.51. The normalized spacial score (nSPS) is 15.7. The fourth-order valence-electron chi connectivity index (χ4n) is 4.40. The topological polar surface area (TPSA) is 69.3 Å². The van der Waals surface area contributed by atoms with Crippen molar-refractivity contribution in [3.05, 3.63) is 65.9 Å². The maximum atomic E-state index is 12.8. The zero-order valence-electron chi connectivity index (χ0n) is 19.8. The average Bonchev–Trinajstić information content (AvgIpc) is 3.16. The number of halogens is 4. The number of nitrogens with one attached hydrogen (secondary N) is 1. The molecule has 0 radical (unpaired) electrons. The van der Waals surface area contributed by atoms with Crippen LogP contribution in [-0.4, -0.2) is 29.9 Å². The first-order valence-corrected chi connectivity index (χ1v) is 11.2. The SMILES string of the molecule is CC(C)(C)c1ccc(-c2c(-c3cccc(OC(F)(F)F)c3)cc3n2[C@@H](CCN)CNC3=O)cc1.Cl. The van der Waals surface area contributed by atoms with Crippen molar-refractivity contribution < 1.29 is 22.7 Å². The summed E-state index contributed by atoms with van der Waals surface area (Å²) in [6.45, 7) is 7.24. The van der Waals surface area contributed by atoms with Gasteiger partial charge in [0.05, 0.1) is 11.7 Å². The van der Waals surface area contributed by atoms with E-state index in [1.165, 1.54) is 18.2 Å². The molecule has 3 N–H and O–H groups in total. The number of alkyl halides is 3. The Morgan fingerprint density at radius 1 is 1.06 bits per heavy atom. The Balaban J connectivity index is 0.00000342. The van der Waals surface area contributed by atoms with Gasteiger partial charge in [-0.1, -0.05) is 57.2 Å². The van der Waals surface area contributed by atoms with Crippen LogP contribution < -0.4 is 15.8 Å². The predicted molar refractivity (Wildman–Crippen MR) is 133 cm³/mol. The third kappa shape index (κ3) is 5.65.